The average molecular weight is 312 g/mol. The number of ether oxygens (including phenoxy) is 1. The molecule has 0 amide bonds. The summed E-state index contributed by atoms with van der Waals surface area (Å²) in [5.74, 6) is 1.31. The number of hydrogen-bond donors (Lipinski definition) is 0. The first-order chi connectivity index (χ1) is 4.30. The van der Waals surface area contributed by atoms with E-state index in [0.717, 1.165) is 18.9 Å². The molecule has 2 nitrogen and oxygen atoms in total. The molecule has 0 aliphatic carbocycles. The topological polar surface area (TPSA) is 21.6 Å². The molecule has 1 radical (unpaired) electrons. The third kappa shape index (κ3) is 2.72. The van der Waals surface area contributed by atoms with Crippen LogP contribution < -0.4 is 0 Å². The van der Waals surface area contributed by atoms with Crippen LogP contribution in [-0.4, -0.2) is 12.5 Å². The Balaban J connectivity index is 0.000000810. The van der Waals surface area contributed by atoms with E-state index in [9.17, 15) is 0 Å². The summed E-state index contributed by atoms with van der Waals surface area (Å²) < 4.78 is 5.26. The van der Waals surface area contributed by atoms with E-state index in [-0.39, 0.29) is 20.4 Å². The zero-order valence-electron chi connectivity index (χ0n) is 6.30. The van der Waals surface area contributed by atoms with E-state index in [1.165, 1.54) is 0 Å². The van der Waals surface area contributed by atoms with Gasteiger partial charge in [0, 0.05) is 26.3 Å². The minimum Gasteiger partial charge on any atom is -0.567 e. The van der Waals surface area contributed by atoms with Crippen molar-refractivity contribution < 1.29 is 25.2 Å². The summed E-state index contributed by atoms with van der Waals surface area (Å²) in [5.41, 5.74) is 0. The molecule has 0 fully saturated rings. The van der Waals surface area contributed by atoms with Crippen LogP contribution in [0.3, 0.4) is 0 Å². The van der Waals surface area contributed by atoms with Crippen molar-refractivity contribution >= 4 is 5.90 Å². The first kappa shape index (κ1) is 10.0. The fourth-order valence-corrected chi connectivity index (χ4v) is 0.724. The number of aliphatic imine (C=N–C) groups is 1. The van der Waals surface area contributed by atoms with Gasteiger partial charge in [0.1, 0.15) is 0 Å². The molecule has 0 spiro atoms. The molecule has 0 saturated carbocycles. The second-order valence-electron chi connectivity index (χ2n) is 2.44. The van der Waals surface area contributed by atoms with Crippen molar-refractivity contribution in [1.82, 2.24) is 0 Å². The molecule has 0 unspecified atom stereocenters. The minimum atomic E-state index is 0. The van der Waals surface area contributed by atoms with Gasteiger partial charge >= 0.3 is 0 Å². The van der Waals surface area contributed by atoms with Crippen molar-refractivity contribution in [1.29, 1.82) is 0 Å². The van der Waals surface area contributed by atoms with Crippen LogP contribution in [0.25, 0.3) is 0 Å². The van der Waals surface area contributed by atoms with E-state index in [2.05, 4.69) is 18.8 Å². The van der Waals surface area contributed by atoms with E-state index < -0.39 is 0 Å². The standard InChI is InChI=1S/C7H12NO.Re/c1-6(2)7-8-4-3-5-9-7;/h4,6H,3,5H2,1-2H3;/q-1;. The maximum Gasteiger partial charge on any atom is 0.0556 e. The Hall–Kier alpha value is 0.00234. The van der Waals surface area contributed by atoms with Gasteiger partial charge in [-0.25, -0.2) is 0 Å². The van der Waals surface area contributed by atoms with Gasteiger partial charge in [0.15, 0.2) is 0 Å². The van der Waals surface area contributed by atoms with E-state index in [1.54, 1.807) is 0 Å². The maximum atomic E-state index is 5.26. The molecule has 0 aromatic rings. The third-order valence-electron chi connectivity index (χ3n) is 1.21. The van der Waals surface area contributed by atoms with Crippen molar-refractivity contribution in [3.8, 4) is 0 Å². The van der Waals surface area contributed by atoms with Crippen molar-refractivity contribution in [3.05, 3.63) is 6.54 Å². The Kier molecular flexibility index (Phi) is 4.76. The van der Waals surface area contributed by atoms with Crippen LogP contribution >= 0.6 is 0 Å². The molecule has 0 atom stereocenters. The van der Waals surface area contributed by atoms with Gasteiger partial charge in [-0.3, -0.25) is 0 Å². The van der Waals surface area contributed by atoms with E-state index in [1.807, 2.05) is 6.54 Å². The Morgan fingerprint density at radius 1 is 1.60 bits per heavy atom. The zero-order chi connectivity index (χ0) is 6.69. The predicted molar refractivity (Wildman–Crippen MR) is 37.1 cm³/mol. The molecular formula is C7H12NORe-. The number of rotatable bonds is 1. The summed E-state index contributed by atoms with van der Waals surface area (Å²) in [4.78, 5) is 4.10. The fraction of sp³-hybridized carbons (Fsp3) is 0.714. The molecule has 0 bridgehead atoms. The molecule has 59 valence electrons. The normalized spacial score (nSPS) is 16.5. The molecule has 0 N–H and O–H groups in total. The Morgan fingerprint density at radius 3 is 2.60 bits per heavy atom. The average Bonchev–Trinajstić information content (AvgIpc) is 1.90. The number of nitrogens with zero attached hydrogens (tertiary/aromatic N) is 1. The van der Waals surface area contributed by atoms with Crippen molar-refractivity contribution in [2.75, 3.05) is 6.61 Å². The van der Waals surface area contributed by atoms with Crippen LogP contribution in [0.15, 0.2) is 4.99 Å². The molecule has 1 heterocycles. The van der Waals surface area contributed by atoms with Crippen LogP contribution in [0.1, 0.15) is 20.3 Å². The summed E-state index contributed by atoms with van der Waals surface area (Å²) in [6.07, 6.45) is 0.955. The van der Waals surface area contributed by atoms with Gasteiger partial charge in [-0.2, -0.15) is 0 Å². The molecule has 1 rings (SSSR count). The van der Waals surface area contributed by atoms with Crippen molar-refractivity contribution in [3.63, 3.8) is 0 Å². The van der Waals surface area contributed by atoms with Gasteiger partial charge in [-0.1, -0.05) is 20.3 Å². The first-order valence-corrected chi connectivity index (χ1v) is 3.33. The largest absolute Gasteiger partial charge is 0.567 e. The van der Waals surface area contributed by atoms with E-state index >= 15 is 0 Å². The molecule has 1 aliphatic heterocycles. The minimum absolute atomic E-state index is 0. The monoisotopic (exact) mass is 313 g/mol. The molecule has 10 heavy (non-hydrogen) atoms. The van der Waals surface area contributed by atoms with Gasteiger partial charge in [-0.05, 0) is 5.92 Å². The summed E-state index contributed by atoms with van der Waals surface area (Å²) in [7, 11) is 0. The van der Waals surface area contributed by atoms with Gasteiger partial charge < -0.3 is 9.73 Å². The summed E-state index contributed by atoms with van der Waals surface area (Å²) in [6, 6.07) is 0. The van der Waals surface area contributed by atoms with Crippen molar-refractivity contribution in [2.24, 2.45) is 10.9 Å². The van der Waals surface area contributed by atoms with E-state index in [0.29, 0.717) is 5.92 Å². The second-order valence-corrected chi connectivity index (χ2v) is 2.44. The van der Waals surface area contributed by atoms with Gasteiger partial charge in [0.05, 0.1) is 6.61 Å². The van der Waals surface area contributed by atoms with E-state index in [4.69, 9.17) is 4.74 Å². The Bertz CT molecular complexity index is 123. The zero-order valence-corrected chi connectivity index (χ0v) is 9.02. The molecular weight excluding hydrogens is 300 g/mol. The summed E-state index contributed by atoms with van der Waals surface area (Å²) >= 11 is 0. The van der Waals surface area contributed by atoms with Gasteiger partial charge in [0.2, 0.25) is 0 Å². The van der Waals surface area contributed by atoms with Gasteiger partial charge in [-0.15, -0.1) is 6.54 Å². The third-order valence-corrected chi connectivity index (χ3v) is 1.21. The molecule has 1 aliphatic rings. The van der Waals surface area contributed by atoms with Crippen LogP contribution in [-0.2, 0) is 25.2 Å². The maximum absolute atomic E-state index is 5.26. The SMILES string of the molecule is CC(C)C1=N[CH-]CCO1.[Re]. The van der Waals surface area contributed by atoms with Crippen LogP contribution in [0.5, 0.6) is 0 Å². The van der Waals surface area contributed by atoms with Crippen molar-refractivity contribution in [2.45, 2.75) is 20.3 Å². The Morgan fingerprint density at radius 2 is 2.30 bits per heavy atom. The quantitative estimate of drug-likeness (QED) is 0.674. The predicted octanol–water partition coefficient (Wildman–Crippen LogP) is 1.62. The molecule has 3 heteroatoms. The number of hydrogen-bond acceptors (Lipinski definition) is 2. The summed E-state index contributed by atoms with van der Waals surface area (Å²) in [5, 5.41) is 0. The summed E-state index contributed by atoms with van der Waals surface area (Å²) in [6.45, 7) is 6.88. The van der Waals surface area contributed by atoms with Crippen LogP contribution in [0.4, 0.5) is 0 Å². The molecule has 0 aromatic carbocycles. The van der Waals surface area contributed by atoms with Crippen LogP contribution in [0, 0.1) is 12.5 Å². The Labute approximate surface area is 75.7 Å². The van der Waals surface area contributed by atoms with Gasteiger partial charge in [0.25, 0.3) is 0 Å². The molecule has 0 aromatic heterocycles. The van der Waals surface area contributed by atoms with Crippen LogP contribution in [0.2, 0.25) is 0 Å². The molecule has 0 saturated heterocycles. The smallest absolute Gasteiger partial charge is 0.0556 e. The fourth-order valence-electron chi connectivity index (χ4n) is 0.724. The first-order valence-electron chi connectivity index (χ1n) is 3.33. The second kappa shape index (κ2) is 4.76.